The summed E-state index contributed by atoms with van der Waals surface area (Å²) in [6.07, 6.45) is -2.33. The third kappa shape index (κ3) is 2.90. The van der Waals surface area contributed by atoms with E-state index in [9.17, 15) is 10.2 Å². The molecule has 1 aliphatic rings. The Kier molecular flexibility index (Phi) is 4.71. The number of aliphatic hydroxyl groups excluding tert-OH is 2. The fraction of sp³-hybridized carbons (Fsp3) is 0.533. The molecule has 23 heavy (non-hydrogen) atoms. The van der Waals surface area contributed by atoms with Crippen molar-refractivity contribution in [2.75, 3.05) is 11.9 Å². The van der Waals surface area contributed by atoms with E-state index in [1.54, 1.807) is 23.6 Å². The second-order valence-corrected chi connectivity index (χ2v) is 6.51. The summed E-state index contributed by atoms with van der Waals surface area (Å²) in [6, 6.07) is 3.36. The molecule has 0 radical (unpaired) electrons. The quantitative estimate of drug-likeness (QED) is 0.782. The Balaban J connectivity index is 2.14. The molecule has 0 amide bonds. The average Bonchev–Trinajstić information content (AvgIpc) is 2.97. The van der Waals surface area contributed by atoms with Gasteiger partial charge in [0, 0.05) is 6.54 Å². The minimum Gasteiger partial charge on any atom is -0.388 e. The van der Waals surface area contributed by atoms with Gasteiger partial charge in [0.05, 0.1) is 27.2 Å². The summed E-state index contributed by atoms with van der Waals surface area (Å²) in [6.45, 7) is 4.47. The van der Waals surface area contributed by atoms with E-state index in [1.807, 2.05) is 6.92 Å². The Morgan fingerprint density at radius 2 is 1.96 bits per heavy atom. The number of aliphatic hydroxyl groups is 2. The van der Waals surface area contributed by atoms with Crippen molar-refractivity contribution < 1.29 is 14.9 Å². The Labute approximate surface area is 144 Å². The van der Waals surface area contributed by atoms with Crippen molar-refractivity contribution in [1.82, 2.24) is 9.55 Å². The van der Waals surface area contributed by atoms with Crippen molar-refractivity contribution in [3.63, 3.8) is 0 Å². The number of anilines is 1. The average molecular weight is 360 g/mol. The summed E-state index contributed by atoms with van der Waals surface area (Å²) < 4.78 is 7.46. The molecule has 1 aromatic heterocycles. The number of hydrogen-bond acceptors (Lipinski definition) is 5. The van der Waals surface area contributed by atoms with Crippen LogP contribution in [-0.4, -0.2) is 44.6 Å². The molecule has 0 unspecified atom stereocenters. The number of fused-ring (bicyclic) bond motifs is 1. The molecule has 1 saturated heterocycles. The van der Waals surface area contributed by atoms with Gasteiger partial charge in [0.2, 0.25) is 5.95 Å². The molecule has 3 rings (SSSR count). The molecule has 3 N–H and O–H groups in total. The molecule has 4 atom stereocenters. The SMILES string of the molecule is CCCNc1nc2cc(Cl)c(Cl)cc2n1[C@@H]1O[C@@H](C)[C@@H](O)[C@H]1O. The van der Waals surface area contributed by atoms with Crippen LogP contribution in [0.2, 0.25) is 10.0 Å². The van der Waals surface area contributed by atoms with Gasteiger partial charge in [-0.3, -0.25) is 4.57 Å². The van der Waals surface area contributed by atoms with E-state index in [-0.39, 0.29) is 0 Å². The second kappa shape index (κ2) is 6.45. The predicted molar refractivity (Wildman–Crippen MR) is 90.1 cm³/mol. The van der Waals surface area contributed by atoms with Gasteiger partial charge in [-0.2, -0.15) is 0 Å². The maximum absolute atomic E-state index is 10.3. The summed E-state index contributed by atoms with van der Waals surface area (Å²) >= 11 is 12.2. The normalized spacial score (nSPS) is 27.7. The van der Waals surface area contributed by atoms with Gasteiger partial charge in [-0.15, -0.1) is 0 Å². The van der Waals surface area contributed by atoms with Gasteiger partial charge in [-0.25, -0.2) is 4.98 Å². The number of imidazole rings is 1. The van der Waals surface area contributed by atoms with Crippen molar-refractivity contribution in [3.8, 4) is 0 Å². The lowest BCUT2D eigenvalue weighted by Gasteiger charge is -2.20. The smallest absolute Gasteiger partial charge is 0.206 e. The van der Waals surface area contributed by atoms with Crippen LogP contribution in [-0.2, 0) is 4.74 Å². The Morgan fingerprint density at radius 3 is 2.57 bits per heavy atom. The zero-order valence-electron chi connectivity index (χ0n) is 12.8. The van der Waals surface area contributed by atoms with E-state index in [1.165, 1.54) is 0 Å². The standard InChI is InChI=1S/C15H19Cl2N3O3/c1-3-4-18-15-19-10-5-8(16)9(17)6-11(10)20(15)14-13(22)12(21)7(2)23-14/h5-7,12-14,21-22H,3-4H2,1-2H3,(H,18,19)/t7-,12+,13+,14+/m0/s1. The molecule has 126 valence electrons. The monoisotopic (exact) mass is 359 g/mol. The highest BCUT2D eigenvalue weighted by Crippen LogP contribution is 2.37. The molecule has 0 saturated carbocycles. The number of nitrogens with one attached hydrogen (secondary N) is 1. The molecule has 0 spiro atoms. The van der Waals surface area contributed by atoms with Crippen molar-refractivity contribution in [3.05, 3.63) is 22.2 Å². The van der Waals surface area contributed by atoms with Crippen LogP contribution < -0.4 is 5.32 Å². The molecule has 0 bridgehead atoms. The van der Waals surface area contributed by atoms with Gasteiger partial charge in [-0.05, 0) is 25.5 Å². The van der Waals surface area contributed by atoms with Crippen LogP contribution in [0.1, 0.15) is 26.5 Å². The number of aromatic nitrogens is 2. The maximum Gasteiger partial charge on any atom is 0.206 e. The fourth-order valence-electron chi connectivity index (χ4n) is 2.75. The zero-order valence-corrected chi connectivity index (χ0v) is 14.3. The van der Waals surface area contributed by atoms with Crippen molar-refractivity contribution >= 4 is 40.2 Å². The summed E-state index contributed by atoms with van der Waals surface area (Å²) in [5.74, 6) is 0.547. The molecule has 2 aromatic rings. The summed E-state index contributed by atoms with van der Waals surface area (Å²) in [7, 11) is 0. The molecule has 8 heteroatoms. The Morgan fingerprint density at radius 1 is 1.26 bits per heavy atom. The first-order valence-electron chi connectivity index (χ1n) is 7.56. The largest absolute Gasteiger partial charge is 0.388 e. The number of benzene rings is 1. The highest BCUT2D eigenvalue weighted by molar-refractivity contribution is 6.42. The molecule has 1 aliphatic heterocycles. The first-order chi connectivity index (χ1) is 10.9. The molecular formula is C15H19Cl2N3O3. The van der Waals surface area contributed by atoms with E-state index >= 15 is 0 Å². The molecule has 0 aliphatic carbocycles. The third-order valence-electron chi connectivity index (χ3n) is 4.00. The number of hydrogen-bond donors (Lipinski definition) is 3. The third-order valence-corrected chi connectivity index (χ3v) is 4.72. The van der Waals surface area contributed by atoms with Crippen LogP contribution in [0.5, 0.6) is 0 Å². The second-order valence-electron chi connectivity index (χ2n) is 5.70. The van der Waals surface area contributed by atoms with Gasteiger partial charge in [0.25, 0.3) is 0 Å². The summed E-state index contributed by atoms with van der Waals surface area (Å²) in [5, 5.41) is 24.3. The van der Waals surface area contributed by atoms with E-state index in [0.29, 0.717) is 33.6 Å². The molecule has 1 aromatic carbocycles. The van der Waals surface area contributed by atoms with E-state index in [2.05, 4.69) is 10.3 Å². The van der Waals surface area contributed by atoms with Crippen LogP contribution >= 0.6 is 23.2 Å². The lowest BCUT2D eigenvalue weighted by molar-refractivity contribution is -0.0284. The number of ether oxygens (including phenoxy) is 1. The highest BCUT2D eigenvalue weighted by Gasteiger charge is 2.42. The van der Waals surface area contributed by atoms with Gasteiger partial charge >= 0.3 is 0 Å². The van der Waals surface area contributed by atoms with Crippen LogP contribution in [0, 0.1) is 0 Å². The molecule has 6 nitrogen and oxygen atoms in total. The Bertz CT molecular complexity index is 722. The van der Waals surface area contributed by atoms with Crippen LogP contribution in [0.4, 0.5) is 5.95 Å². The predicted octanol–water partition coefficient (Wildman–Crippen LogP) is 2.80. The number of rotatable bonds is 4. The molecule has 1 fully saturated rings. The number of nitrogens with zero attached hydrogens (tertiary/aromatic N) is 2. The van der Waals surface area contributed by atoms with Gasteiger partial charge in [0.1, 0.15) is 12.2 Å². The topological polar surface area (TPSA) is 79.5 Å². The maximum atomic E-state index is 10.3. The van der Waals surface area contributed by atoms with E-state index in [4.69, 9.17) is 27.9 Å². The van der Waals surface area contributed by atoms with Crippen molar-refractivity contribution in [2.45, 2.75) is 44.8 Å². The first kappa shape index (κ1) is 16.8. The van der Waals surface area contributed by atoms with E-state index in [0.717, 1.165) is 6.42 Å². The fourth-order valence-corrected chi connectivity index (χ4v) is 3.07. The highest BCUT2D eigenvalue weighted by atomic mass is 35.5. The zero-order chi connectivity index (χ0) is 16.7. The van der Waals surface area contributed by atoms with Gasteiger partial charge < -0.3 is 20.3 Å². The van der Waals surface area contributed by atoms with E-state index < -0.39 is 24.5 Å². The minimum absolute atomic E-state index is 0.392. The molecule has 2 heterocycles. The number of halogens is 2. The first-order valence-corrected chi connectivity index (χ1v) is 8.32. The lowest BCUT2D eigenvalue weighted by Crippen LogP contribution is -2.30. The van der Waals surface area contributed by atoms with Crippen LogP contribution in [0.3, 0.4) is 0 Å². The van der Waals surface area contributed by atoms with Crippen LogP contribution in [0.15, 0.2) is 12.1 Å². The Hall–Kier alpha value is -1.05. The lowest BCUT2D eigenvalue weighted by atomic mass is 10.1. The minimum atomic E-state index is -1.06. The van der Waals surface area contributed by atoms with Crippen molar-refractivity contribution in [1.29, 1.82) is 0 Å². The van der Waals surface area contributed by atoms with Gasteiger partial charge in [-0.1, -0.05) is 30.1 Å². The van der Waals surface area contributed by atoms with Crippen molar-refractivity contribution in [2.24, 2.45) is 0 Å². The summed E-state index contributed by atoms with van der Waals surface area (Å²) in [4.78, 5) is 4.52. The van der Waals surface area contributed by atoms with Gasteiger partial charge in [0.15, 0.2) is 6.23 Å². The molecular weight excluding hydrogens is 341 g/mol. The summed E-state index contributed by atoms with van der Waals surface area (Å²) in [5.41, 5.74) is 1.33. The van der Waals surface area contributed by atoms with Crippen LogP contribution in [0.25, 0.3) is 11.0 Å².